The van der Waals surface area contributed by atoms with Crippen molar-refractivity contribution in [2.45, 2.75) is 12.8 Å². The Morgan fingerprint density at radius 2 is 1.04 bits per heavy atom. The Hall–Kier alpha value is -4.18. The van der Waals surface area contributed by atoms with Crippen molar-refractivity contribution in [1.82, 2.24) is 0 Å². The third-order valence-corrected chi connectivity index (χ3v) is 3.14. The molecule has 1 aromatic carbocycles. The van der Waals surface area contributed by atoms with Gasteiger partial charge < -0.3 is 9.68 Å². The number of rotatable bonds is 11. The molecule has 0 aliphatic rings. The molecule has 0 N–H and O–H groups in total. The van der Waals surface area contributed by atoms with Crippen molar-refractivity contribution in [3.8, 4) is 0 Å². The molecule has 0 saturated carbocycles. The molecule has 27 heavy (non-hydrogen) atoms. The van der Waals surface area contributed by atoms with Gasteiger partial charge in [0.1, 0.15) is 24.3 Å². The van der Waals surface area contributed by atoms with Crippen molar-refractivity contribution in [1.29, 1.82) is 0 Å². The van der Waals surface area contributed by atoms with Crippen LogP contribution in [0.3, 0.4) is 0 Å². The van der Waals surface area contributed by atoms with Gasteiger partial charge in [0, 0.05) is 12.8 Å². The van der Waals surface area contributed by atoms with Gasteiger partial charge >= 0.3 is 0 Å². The summed E-state index contributed by atoms with van der Waals surface area (Å²) in [6.07, 6.45) is -1.37. The van der Waals surface area contributed by atoms with Crippen molar-refractivity contribution < 1.29 is 34.6 Å². The quantitative estimate of drug-likeness (QED) is 0.378. The molecular weight excluding hydrogens is 382 g/mol. The Bertz CT molecular complexity index is 752. The van der Waals surface area contributed by atoms with E-state index >= 15 is 0 Å². The van der Waals surface area contributed by atoms with E-state index in [0.717, 1.165) is 0 Å². The second kappa shape index (κ2) is 8.78. The van der Waals surface area contributed by atoms with Gasteiger partial charge in [-0.3, -0.25) is 30.3 Å². The Kier molecular flexibility index (Phi) is 6.79. The molecule has 0 unspecified atom stereocenters. The van der Waals surface area contributed by atoms with Crippen LogP contribution in [0.1, 0.15) is 11.1 Å². The van der Waals surface area contributed by atoms with Gasteiger partial charge in [-0.25, -0.2) is 0 Å². The summed E-state index contributed by atoms with van der Waals surface area (Å²) in [7, 11) is 0. The highest BCUT2D eigenvalue weighted by molar-refractivity contribution is 5.67. The Balaban J connectivity index is 3.57. The van der Waals surface area contributed by atoms with Gasteiger partial charge in [-0.2, -0.15) is 0 Å². The van der Waals surface area contributed by atoms with Gasteiger partial charge in [-0.15, -0.1) is 20.2 Å². The number of hydrogen-bond donors (Lipinski definition) is 0. The van der Waals surface area contributed by atoms with Crippen LogP contribution in [-0.4, -0.2) is 38.2 Å². The van der Waals surface area contributed by atoms with Gasteiger partial charge in [0.25, 0.3) is 27.2 Å². The van der Waals surface area contributed by atoms with Gasteiger partial charge in [-0.1, -0.05) is 0 Å². The molecule has 17 nitrogen and oxygen atoms in total. The van der Waals surface area contributed by atoms with Crippen LogP contribution in [0.2, 0.25) is 0 Å². The Morgan fingerprint density at radius 3 is 1.30 bits per heavy atom. The Morgan fingerprint density at radius 1 is 0.667 bits per heavy atom. The number of hydrogen-bond acceptors (Lipinski definition) is 12. The van der Waals surface area contributed by atoms with E-state index in [-0.39, 0.29) is 0 Å². The zero-order chi connectivity index (χ0) is 20.7. The van der Waals surface area contributed by atoms with Crippen molar-refractivity contribution in [3.63, 3.8) is 0 Å². The highest BCUT2D eigenvalue weighted by atomic mass is 17.0. The van der Waals surface area contributed by atoms with Crippen molar-refractivity contribution in [3.05, 3.63) is 67.8 Å². The minimum Gasteiger partial charge on any atom is -0.314 e. The molecule has 146 valence electrons. The van der Waals surface area contributed by atoms with E-state index in [4.69, 9.17) is 0 Å². The van der Waals surface area contributed by atoms with Crippen LogP contribution in [0, 0.1) is 50.6 Å². The molecule has 1 rings (SSSR count). The lowest BCUT2D eigenvalue weighted by molar-refractivity contribution is -0.757. The smallest absolute Gasteiger partial charge is 0.294 e. The van der Waals surface area contributed by atoms with Gasteiger partial charge in [0.2, 0.25) is 0 Å². The lowest BCUT2D eigenvalue weighted by Crippen LogP contribution is -2.13. The zero-order valence-corrected chi connectivity index (χ0v) is 13.0. The summed E-state index contributed by atoms with van der Waals surface area (Å²) in [4.78, 5) is 58.6. The first-order chi connectivity index (χ1) is 12.6. The fourth-order valence-electron chi connectivity index (χ4n) is 2.21. The number of nitrogens with zero attached hydrogens (tertiary/aromatic N) is 5. The van der Waals surface area contributed by atoms with Crippen LogP contribution in [0.15, 0.2) is 6.07 Å². The van der Waals surface area contributed by atoms with E-state index in [1.807, 2.05) is 0 Å². The first-order valence-electron chi connectivity index (χ1n) is 6.72. The fourth-order valence-corrected chi connectivity index (χ4v) is 2.21. The highest BCUT2D eigenvalue weighted by Crippen LogP contribution is 2.39. The molecule has 0 bridgehead atoms. The summed E-state index contributed by atoms with van der Waals surface area (Å²) in [5.74, 6) is 0. The average Bonchev–Trinajstić information content (AvgIpc) is 2.53. The molecule has 0 spiro atoms. The van der Waals surface area contributed by atoms with Crippen LogP contribution >= 0.6 is 0 Å². The molecular formula is C10H9N5O12. The molecule has 0 aromatic heterocycles. The van der Waals surface area contributed by atoms with E-state index in [0.29, 0.717) is 6.07 Å². The molecule has 17 heteroatoms. The predicted molar refractivity (Wildman–Crippen MR) is 79.7 cm³/mol. The minimum atomic E-state index is -1.23. The maximum Gasteiger partial charge on any atom is 0.294 e. The Labute approximate surface area is 146 Å². The number of benzene rings is 1. The van der Waals surface area contributed by atoms with Gasteiger partial charge in [0.15, 0.2) is 0 Å². The first-order valence-corrected chi connectivity index (χ1v) is 6.72. The molecule has 0 aliphatic heterocycles. The fraction of sp³-hybridized carbons (Fsp3) is 0.400. The summed E-state index contributed by atoms with van der Waals surface area (Å²) >= 11 is 0. The number of nitro groups is 3. The third-order valence-electron chi connectivity index (χ3n) is 3.14. The van der Waals surface area contributed by atoms with Gasteiger partial charge in [-0.05, 0) is 0 Å². The first kappa shape index (κ1) is 20.9. The van der Waals surface area contributed by atoms with Crippen LogP contribution in [0.25, 0.3) is 0 Å². The predicted octanol–water partition coefficient (Wildman–Crippen LogP) is 0.913. The average molecular weight is 391 g/mol. The summed E-state index contributed by atoms with van der Waals surface area (Å²) in [5, 5.41) is 51.6. The topological polar surface area (TPSA) is 234 Å². The molecule has 0 saturated heterocycles. The minimum absolute atomic E-state index is 0.440. The van der Waals surface area contributed by atoms with E-state index in [9.17, 15) is 50.6 Å². The maximum absolute atomic E-state index is 11.4. The SMILES string of the molecule is O=[N+]([O-])OCCc1c([N+](=O)[O-])cc([N+](=O)[O-])c(CCO[N+](=O)[O-])c1[N+](=O)[O-]. The third kappa shape index (κ3) is 5.41. The standard InChI is InChI=1S/C10H9N5O12/c16-11(17)8-5-9(12(18)19)7(2-4-27-15(24)25)10(13(20)21)6(8)1-3-26-14(22)23/h5H,1-4H2. The van der Waals surface area contributed by atoms with Crippen LogP contribution < -0.4 is 0 Å². The van der Waals surface area contributed by atoms with Crippen molar-refractivity contribution in [2.75, 3.05) is 13.2 Å². The zero-order valence-electron chi connectivity index (χ0n) is 13.0. The molecule has 0 amide bonds. The van der Waals surface area contributed by atoms with Gasteiger partial charge in [0.05, 0.1) is 20.8 Å². The van der Waals surface area contributed by atoms with Crippen molar-refractivity contribution in [2.24, 2.45) is 0 Å². The van der Waals surface area contributed by atoms with E-state index < -0.39 is 79.2 Å². The molecule has 0 atom stereocenters. The molecule has 1 aromatic rings. The molecule has 0 fully saturated rings. The summed E-state index contributed by atoms with van der Waals surface area (Å²) in [5.41, 5.74) is -4.41. The summed E-state index contributed by atoms with van der Waals surface area (Å²) < 4.78 is 0. The molecule has 0 aliphatic carbocycles. The van der Waals surface area contributed by atoms with Crippen LogP contribution in [-0.2, 0) is 22.5 Å². The largest absolute Gasteiger partial charge is 0.314 e. The summed E-state index contributed by atoms with van der Waals surface area (Å²) in [6.45, 7) is -1.59. The second-order valence-electron chi connectivity index (χ2n) is 4.61. The van der Waals surface area contributed by atoms with E-state index in [1.165, 1.54) is 0 Å². The van der Waals surface area contributed by atoms with E-state index in [1.54, 1.807) is 0 Å². The highest BCUT2D eigenvalue weighted by Gasteiger charge is 2.36. The maximum atomic E-state index is 11.4. The normalized spacial score (nSPS) is 10.1. The summed E-state index contributed by atoms with van der Waals surface area (Å²) in [6, 6.07) is 0.440. The van der Waals surface area contributed by atoms with Crippen LogP contribution in [0.5, 0.6) is 0 Å². The second-order valence-corrected chi connectivity index (χ2v) is 4.61. The van der Waals surface area contributed by atoms with Crippen molar-refractivity contribution >= 4 is 17.1 Å². The lowest BCUT2D eigenvalue weighted by Gasteiger charge is -2.09. The monoisotopic (exact) mass is 391 g/mol. The molecule has 0 heterocycles. The van der Waals surface area contributed by atoms with E-state index in [2.05, 4.69) is 9.68 Å². The van der Waals surface area contributed by atoms with Crippen LogP contribution in [0.4, 0.5) is 17.1 Å². The lowest BCUT2D eigenvalue weighted by atomic mass is 9.98. The molecule has 0 radical (unpaired) electrons. The number of nitro benzene ring substituents is 3.